The second kappa shape index (κ2) is 13.6. The monoisotopic (exact) mass is 752 g/mol. The summed E-state index contributed by atoms with van der Waals surface area (Å²) in [6.07, 6.45) is 4.74. The summed E-state index contributed by atoms with van der Waals surface area (Å²) in [7, 11) is 0. The van der Waals surface area contributed by atoms with Crippen LogP contribution in [0.15, 0.2) is 143 Å². The Labute approximate surface area is 307 Å². The predicted molar refractivity (Wildman–Crippen MR) is 201 cm³/mol. The molecule has 8 rings (SSSR count). The maximum atomic E-state index is 12.2. The number of tetrazole rings is 1. The highest BCUT2D eigenvalue weighted by Gasteiger charge is 2.41. The Morgan fingerprint density at radius 2 is 1.37 bits per heavy atom. The Morgan fingerprint density at radius 3 is 1.96 bits per heavy atom. The smallest absolute Gasteiger partial charge is 0.205 e. The first-order valence-corrected chi connectivity index (χ1v) is 17.7. The molecular weight excluding hydrogens is 724 g/mol. The van der Waals surface area contributed by atoms with Gasteiger partial charge in [0.05, 0.1) is 19.1 Å². The van der Waals surface area contributed by atoms with Crippen LogP contribution in [0.1, 0.15) is 45.5 Å². The molecule has 0 radical (unpaired) electrons. The molecule has 6 aromatic rings. The van der Waals surface area contributed by atoms with E-state index >= 15 is 0 Å². The van der Waals surface area contributed by atoms with E-state index in [4.69, 9.17) is 31.4 Å². The van der Waals surface area contributed by atoms with E-state index in [-0.39, 0.29) is 5.15 Å². The fourth-order valence-corrected chi connectivity index (χ4v) is 8.09. The third kappa shape index (κ3) is 5.40. The van der Waals surface area contributed by atoms with Crippen molar-refractivity contribution in [1.82, 2.24) is 29.8 Å². The van der Waals surface area contributed by atoms with Gasteiger partial charge in [-0.1, -0.05) is 134 Å². The van der Waals surface area contributed by atoms with Crippen molar-refractivity contribution in [3.05, 3.63) is 177 Å². The summed E-state index contributed by atoms with van der Waals surface area (Å²) >= 11 is 10.4. The van der Waals surface area contributed by atoms with Gasteiger partial charge in [-0.2, -0.15) is 0 Å². The summed E-state index contributed by atoms with van der Waals surface area (Å²) in [5.74, 6) is 1.18. The molecule has 0 bridgehead atoms. The number of hydrogen-bond acceptors (Lipinski definition) is 6. The minimum atomic E-state index is -0.922. The van der Waals surface area contributed by atoms with Crippen LogP contribution in [0.3, 0.4) is 0 Å². The predicted octanol–water partition coefficient (Wildman–Crippen LogP) is 9.58. The quantitative estimate of drug-likeness (QED) is 0.102. The molecule has 2 aliphatic rings. The van der Waals surface area contributed by atoms with Gasteiger partial charge in [-0.05, 0) is 60.6 Å². The molecule has 3 heterocycles. The number of aldehydes is 1. The zero-order valence-electron chi connectivity index (χ0n) is 27.4. The minimum absolute atomic E-state index is 0.188. The number of hydrogen-bond donors (Lipinski definition) is 0. The third-order valence-electron chi connectivity index (χ3n) is 9.38. The van der Waals surface area contributed by atoms with E-state index in [0.29, 0.717) is 24.5 Å². The number of rotatable bonds is 10. The average Bonchev–Trinajstić information content (AvgIpc) is 3.87. The Balaban J connectivity index is 1.35. The standard InChI is InChI=1S/C41H30BrClN6O2/c1-2-36-44-39(43)35(25-50)48(36)24-33-30-22-23-51-26-34(30)38(42)37(33)31-20-12-13-21-32(31)40-45-47-49(46-40)41(27-14-6-3-7-15-27,28-16-8-4-9-17-28)29-18-10-5-11-19-29/h3-23,25-26H,2,24H2,1H3. The summed E-state index contributed by atoms with van der Waals surface area (Å²) in [5.41, 5.74) is 7.81. The van der Waals surface area contributed by atoms with E-state index in [9.17, 15) is 4.79 Å². The molecule has 1 aliphatic heterocycles. The van der Waals surface area contributed by atoms with Crippen molar-refractivity contribution in [2.75, 3.05) is 0 Å². The molecule has 0 unspecified atom stereocenters. The Bertz CT molecular complexity index is 2340. The van der Waals surface area contributed by atoms with Gasteiger partial charge in [0.1, 0.15) is 11.5 Å². The van der Waals surface area contributed by atoms with Crippen LogP contribution in [0.25, 0.3) is 33.6 Å². The van der Waals surface area contributed by atoms with Gasteiger partial charge in [0.25, 0.3) is 0 Å². The summed E-state index contributed by atoms with van der Waals surface area (Å²) in [4.78, 5) is 18.4. The maximum absolute atomic E-state index is 12.2. The van der Waals surface area contributed by atoms with Gasteiger partial charge in [-0.15, -0.1) is 15.0 Å². The van der Waals surface area contributed by atoms with Crippen LogP contribution in [0, 0.1) is 0 Å². The number of carbonyl (C=O) groups is 1. The summed E-state index contributed by atoms with van der Waals surface area (Å²) in [5, 5.41) is 14.9. The topological polar surface area (TPSA) is 91.6 Å². The summed E-state index contributed by atoms with van der Waals surface area (Å²) in [6.45, 7) is 2.35. The number of nitrogens with zero attached hydrogens (tertiary/aromatic N) is 6. The largest absolute Gasteiger partial charge is 0.472 e. The van der Waals surface area contributed by atoms with E-state index in [2.05, 4.69) is 63.4 Å². The van der Waals surface area contributed by atoms with Crippen molar-refractivity contribution in [3.63, 3.8) is 0 Å². The molecular formula is C41H30BrClN6O2. The molecule has 10 heteroatoms. The second-order valence-electron chi connectivity index (χ2n) is 12.1. The normalized spacial score (nSPS) is 11.7. The first kappa shape index (κ1) is 32.6. The van der Waals surface area contributed by atoms with Crippen LogP contribution in [0.4, 0.5) is 0 Å². The van der Waals surface area contributed by atoms with Crippen molar-refractivity contribution in [2.24, 2.45) is 0 Å². The van der Waals surface area contributed by atoms with Crippen LogP contribution < -0.4 is 0 Å². The fourth-order valence-electron chi connectivity index (χ4n) is 7.09. The molecule has 2 aromatic heterocycles. The van der Waals surface area contributed by atoms with Crippen molar-refractivity contribution in [3.8, 4) is 33.6 Å². The first-order valence-electron chi connectivity index (χ1n) is 16.5. The van der Waals surface area contributed by atoms with Gasteiger partial charge in [0, 0.05) is 27.6 Å². The second-order valence-corrected chi connectivity index (χ2v) is 13.2. The average molecular weight is 754 g/mol. The third-order valence-corrected chi connectivity index (χ3v) is 10.5. The summed E-state index contributed by atoms with van der Waals surface area (Å²) < 4.78 is 8.37. The van der Waals surface area contributed by atoms with E-state index in [1.54, 1.807) is 17.3 Å². The Morgan fingerprint density at radius 1 is 0.784 bits per heavy atom. The van der Waals surface area contributed by atoms with Crippen LogP contribution in [0.2, 0.25) is 5.15 Å². The molecule has 0 atom stereocenters. The highest BCUT2D eigenvalue weighted by molar-refractivity contribution is 9.10. The van der Waals surface area contributed by atoms with E-state index in [1.165, 1.54) is 0 Å². The highest BCUT2D eigenvalue weighted by Crippen LogP contribution is 2.49. The van der Waals surface area contributed by atoms with Gasteiger partial charge < -0.3 is 8.98 Å². The fraction of sp³-hybridized carbons (Fsp3) is 0.0976. The first-order chi connectivity index (χ1) is 25.1. The number of halogens is 2. The lowest BCUT2D eigenvalue weighted by Crippen LogP contribution is -2.39. The van der Waals surface area contributed by atoms with Gasteiger partial charge >= 0.3 is 0 Å². The minimum Gasteiger partial charge on any atom is -0.472 e. The molecule has 4 aromatic carbocycles. The van der Waals surface area contributed by atoms with Crippen LogP contribution in [-0.2, 0) is 18.5 Å². The molecule has 0 spiro atoms. The molecule has 250 valence electrons. The zero-order chi connectivity index (χ0) is 35.0. The van der Waals surface area contributed by atoms with E-state index in [0.717, 1.165) is 66.7 Å². The van der Waals surface area contributed by atoms with Gasteiger partial charge in [-0.25, -0.2) is 4.98 Å². The van der Waals surface area contributed by atoms with Gasteiger partial charge in [0.15, 0.2) is 17.0 Å². The SMILES string of the molecule is CCc1nc(Cl)c(C=O)n1Cc1c2ccocc-2c(Br)c1-c1ccccc1-c1nnn(C(c2ccccc2)(c2ccccc2)c2ccccc2)n1. The van der Waals surface area contributed by atoms with Crippen molar-refractivity contribution in [2.45, 2.75) is 25.4 Å². The lowest BCUT2D eigenvalue weighted by molar-refractivity contribution is 0.111. The number of fused-ring (bicyclic) bond motifs is 1. The Kier molecular flexibility index (Phi) is 8.67. The molecule has 0 amide bonds. The highest BCUT2D eigenvalue weighted by atomic mass is 79.9. The molecule has 8 nitrogen and oxygen atoms in total. The van der Waals surface area contributed by atoms with E-state index < -0.39 is 5.54 Å². The van der Waals surface area contributed by atoms with Crippen LogP contribution in [-0.4, -0.2) is 36.0 Å². The summed E-state index contributed by atoms with van der Waals surface area (Å²) in [6, 6.07) is 40.8. The number of benzene rings is 4. The maximum Gasteiger partial charge on any atom is 0.205 e. The number of aromatic nitrogens is 6. The molecule has 0 saturated carbocycles. The lowest BCUT2D eigenvalue weighted by atomic mass is 9.77. The van der Waals surface area contributed by atoms with E-state index in [1.807, 2.05) is 90.4 Å². The lowest BCUT2D eigenvalue weighted by Gasteiger charge is -2.34. The zero-order valence-corrected chi connectivity index (χ0v) is 29.8. The van der Waals surface area contributed by atoms with Gasteiger partial charge in [0.2, 0.25) is 5.82 Å². The number of imidazole rings is 1. The number of carbonyl (C=O) groups excluding carboxylic acids is 1. The van der Waals surface area contributed by atoms with Crippen LogP contribution in [0.5, 0.6) is 0 Å². The van der Waals surface area contributed by atoms with Crippen molar-refractivity contribution in [1.29, 1.82) is 0 Å². The van der Waals surface area contributed by atoms with Gasteiger partial charge in [-0.3, -0.25) is 4.79 Å². The molecule has 1 aliphatic carbocycles. The molecule has 0 N–H and O–H groups in total. The number of aryl methyl sites for hydroxylation is 1. The van der Waals surface area contributed by atoms with Crippen molar-refractivity contribution >= 4 is 33.8 Å². The molecule has 0 fully saturated rings. The Hall–Kier alpha value is -5.64. The van der Waals surface area contributed by atoms with Crippen molar-refractivity contribution < 1.29 is 9.21 Å². The molecule has 51 heavy (non-hydrogen) atoms. The molecule has 0 saturated heterocycles. The van der Waals surface area contributed by atoms with Crippen LogP contribution >= 0.6 is 27.5 Å².